The van der Waals surface area contributed by atoms with Crippen molar-refractivity contribution in [3.63, 3.8) is 0 Å². The Morgan fingerprint density at radius 3 is 2.86 bits per heavy atom. The molecule has 2 heterocycles. The van der Waals surface area contributed by atoms with Gasteiger partial charge in [0.2, 0.25) is 5.91 Å². The SMILES string of the molecule is COC(=O)c1cc(CN(C)C(C)C(=O)Nc2nc3ccc(F)cc3s2)oc1C. The van der Waals surface area contributed by atoms with Crippen LogP contribution in [0.5, 0.6) is 0 Å². The maximum absolute atomic E-state index is 13.3. The van der Waals surface area contributed by atoms with Gasteiger partial charge in [0.25, 0.3) is 0 Å². The summed E-state index contributed by atoms with van der Waals surface area (Å²) in [4.78, 5) is 30.3. The van der Waals surface area contributed by atoms with Crippen molar-refractivity contribution in [3.8, 4) is 0 Å². The summed E-state index contributed by atoms with van der Waals surface area (Å²) in [6.45, 7) is 3.76. The second-order valence-electron chi connectivity index (χ2n) is 6.39. The van der Waals surface area contributed by atoms with Crippen molar-refractivity contribution < 1.29 is 23.1 Å². The Morgan fingerprint density at radius 2 is 2.14 bits per heavy atom. The summed E-state index contributed by atoms with van der Waals surface area (Å²) in [5, 5.41) is 3.17. The molecule has 3 aromatic rings. The first kappa shape index (κ1) is 20.0. The molecule has 1 N–H and O–H groups in total. The van der Waals surface area contributed by atoms with Crippen molar-refractivity contribution in [1.82, 2.24) is 9.88 Å². The van der Waals surface area contributed by atoms with Crippen molar-refractivity contribution >= 4 is 38.6 Å². The van der Waals surface area contributed by atoms with E-state index < -0.39 is 12.0 Å². The minimum absolute atomic E-state index is 0.251. The lowest BCUT2D eigenvalue weighted by Crippen LogP contribution is -2.39. The Labute approximate surface area is 165 Å². The Morgan fingerprint density at radius 1 is 1.39 bits per heavy atom. The van der Waals surface area contributed by atoms with Crippen LogP contribution in [0.25, 0.3) is 10.2 Å². The summed E-state index contributed by atoms with van der Waals surface area (Å²) >= 11 is 1.21. The van der Waals surface area contributed by atoms with E-state index >= 15 is 0 Å². The highest BCUT2D eigenvalue weighted by molar-refractivity contribution is 7.22. The molecule has 0 aliphatic heterocycles. The van der Waals surface area contributed by atoms with Crippen molar-refractivity contribution in [3.05, 3.63) is 47.2 Å². The number of fused-ring (bicyclic) bond motifs is 1. The van der Waals surface area contributed by atoms with E-state index in [0.29, 0.717) is 39.0 Å². The number of thiazole rings is 1. The molecule has 9 heteroatoms. The van der Waals surface area contributed by atoms with Crippen molar-refractivity contribution in [2.45, 2.75) is 26.4 Å². The van der Waals surface area contributed by atoms with Gasteiger partial charge in [-0.2, -0.15) is 0 Å². The first-order valence-corrected chi connectivity index (χ1v) is 9.35. The summed E-state index contributed by atoms with van der Waals surface area (Å²) in [7, 11) is 3.08. The van der Waals surface area contributed by atoms with Gasteiger partial charge in [0.05, 0.1) is 29.9 Å². The van der Waals surface area contributed by atoms with E-state index in [4.69, 9.17) is 9.15 Å². The number of esters is 1. The average Bonchev–Trinajstić information content (AvgIpc) is 3.22. The number of rotatable bonds is 6. The molecular formula is C19H20FN3O4S. The number of halogens is 1. The molecule has 148 valence electrons. The predicted molar refractivity (Wildman–Crippen MR) is 104 cm³/mol. The molecule has 7 nitrogen and oxygen atoms in total. The molecule has 1 unspecified atom stereocenters. The van der Waals surface area contributed by atoms with E-state index in [1.54, 1.807) is 37.9 Å². The topological polar surface area (TPSA) is 84.7 Å². The van der Waals surface area contributed by atoms with Crippen LogP contribution in [0.4, 0.5) is 9.52 Å². The van der Waals surface area contributed by atoms with Gasteiger partial charge in [-0.05, 0) is 45.2 Å². The van der Waals surface area contributed by atoms with Crippen LogP contribution < -0.4 is 5.32 Å². The number of methoxy groups -OCH3 is 1. The summed E-state index contributed by atoms with van der Waals surface area (Å²) in [6.07, 6.45) is 0. The number of nitrogens with one attached hydrogen (secondary N) is 1. The predicted octanol–water partition coefficient (Wildman–Crippen LogP) is 3.58. The number of hydrogen-bond donors (Lipinski definition) is 1. The lowest BCUT2D eigenvalue weighted by Gasteiger charge is -2.22. The average molecular weight is 405 g/mol. The second kappa shape index (κ2) is 8.07. The highest BCUT2D eigenvalue weighted by Gasteiger charge is 2.22. The fourth-order valence-electron chi connectivity index (χ4n) is 2.68. The number of carbonyl (C=O) groups is 2. The van der Waals surface area contributed by atoms with Gasteiger partial charge in [-0.15, -0.1) is 0 Å². The van der Waals surface area contributed by atoms with Crippen molar-refractivity contribution in [2.24, 2.45) is 0 Å². The van der Waals surface area contributed by atoms with E-state index in [9.17, 15) is 14.0 Å². The highest BCUT2D eigenvalue weighted by atomic mass is 32.1. The summed E-state index contributed by atoms with van der Waals surface area (Å²) in [5.41, 5.74) is 0.994. The molecule has 28 heavy (non-hydrogen) atoms. The summed E-state index contributed by atoms with van der Waals surface area (Å²) in [6, 6.07) is 5.42. The number of benzene rings is 1. The summed E-state index contributed by atoms with van der Waals surface area (Å²) in [5.74, 6) is -0.0431. The molecule has 1 amide bonds. The van der Waals surface area contributed by atoms with Crippen molar-refractivity contribution in [2.75, 3.05) is 19.5 Å². The Bertz CT molecular complexity index is 1030. The number of furan rings is 1. The van der Waals surface area contributed by atoms with Crippen LogP contribution in [0.3, 0.4) is 0 Å². The van der Waals surface area contributed by atoms with Crippen molar-refractivity contribution in [1.29, 1.82) is 0 Å². The largest absolute Gasteiger partial charge is 0.465 e. The first-order valence-electron chi connectivity index (χ1n) is 8.53. The number of carbonyl (C=O) groups excluding carboxylic acids is 2. The van der Waals surface area contributed by atoms with Gasteiger partial charge < -0.3 is 14.5 Å². The monoisotopic (exact) mass is 405 g/mol. The molecule has 0 radical (unpaired) electrons. The van der Waals surface area contributed by atoms with Crippen LogP contribution in [0.15, 0.2) is 28.7 Å². The molecule has 1 atom stereocenters. The molecule has 0 fully saturated rings. The van der Waals surface area contributed by atoms with Crippen LogP contribution >= 0.6 is 11.3 Å². The molecule has 2 aromatic heterocycles. The molecular weight excluding hydrogens is 385 g/mol. The third kappa shape index (κ3) is 4.20. The molecule has 0 saturated carbocycles. The lowest BCUT2D eigenvalue weighted by molar-refractivity contribution is -0.120. The number of aromatic nitrogens is 1. The molecule has 3 rings (SSSR count). The first-order chi connectivity index (χ1) is 13.3. The zero-order chi connectivity index (χ0) is 20.4. The Kier molecular flexibility index (Phi) is 5.76. The number of anilines is 1. The van der Waals surface area contributed by atoms with Gasteiger partial charge >= 0.3 is 5.97 Å². The third-order valence-corrected chi connectivity index (χ3v) is 5.33. The normalized spacial score (nSPS) is 12.4. The minimum Gasteiger partial charge on any atom is -0.465 e. The fraction of sp³-hybridized carbons (Fsp3) is 0.316. The maximum atomic E-state index is 13.3. The number of amides is 1. The van der Waals surface area contributed by atoms with Crippen LogP contribution in [-0.4, -0.2) is 42.0 Å². The van der Waals surface area contributed by atoms with Crippen LogP contribution in [0, 0.1) is 12.7 Å². The van der Waals surface area contributed by atoms with E-state index in [1.807, 2.05) is 0 Å². The van der Waals surface area contributed by atoms with Crippen LogP contribution in [0.1, 0.15) is 28.8 Å². The van der Waals surface area contributed by atoms with Gasteiger partial charge in [-0.25, -0.2) is 14.2 Å². The highest BCUT2D eigenvalue weighted by Crippen LogP contribution is 2.26. The van der Waals surface area contributed by atoms with E-state index in [1.165, 1.54) is 30.6 Å². The standard InChI is InChI=1S/C19H20FN3O4S/c1-10(23(3)9-13-8-14(11(2)27-13)18(25)26-4)17(24)22-19-21-15-6-5-12(20)7-16(15)28-19/h5-8,10H,9H2,1-4H3,(H,21,22,24). The molecule has 0 bridgehead atoms. The smallest absolute Gasteiger partial charge is 0.341 e. The quantitative estimate of drug-likeness (QED) is 0.631. The number of ether oxygens (including phenoxy) is 1. The number of hydrogen-bond acceptors (Lipinski definition) is 7. The Hall–Kier alpha value is -2.78. The van der Waals surface area contributed by atoms with Gasteiger partial charge in [-0.1, -0.05) is 11.3 Å². The van der Waals surface area contributed by atoms with Gasteiger partial charge in [0.15, 0.2) is 5.13 Å². The molecule has 1 aromatic carbocycles. The van der Waals surface area contributed by atoms with Gasteiger partial charge in [0, 0.05) is 0 Å². The third-order valence-electron chi connectivity index (χ3n) is 4.40. The van der Waals surface area contributed by atoms with E-state index in [0.717, 1.165) is 0 Å². The summed E-state index contributed by atoms with van der Waals surface area (Å²) < 4.78 is 24.3. The minimum atomic E-state index is -0.490. The molecule has 0 aliphatic carbocycles. The zero-order valence-corrected chi connectivity index (χ0v) is 16.7. The maximum Gasteiger partial charge on any atom is 0.341 e. The fourth-order valence-corrected chi connectivity index (χ4v) is 3.57. The number of aryl methyl sites for hydroxylation is 1. The number of nitrogens with zero attached hydrogens (tertiary/aromatic N) is 2. The second-order valence-corrected chi connectivity index (χ2v) is 7.42. The van der Waals surface area contributed by atoms with Crippen LogP contribution in [-0.2, 0) is 16.1 Å². The molecule has 0 saturated heterocycles. The Balaban J connectivity index is 1.65. The molecule has 0 spiro atoms. The van der Waals surface area contributed by atoms with E-state index in [-0.39, 0.29) is 11.7 Å². The van der Waals surface area contributed by atoms with Gasteiger partial charge in [-0.3, -0.25) is 9.69 Å². The zero-order valence-electron chi connectivity index (χ0n) is 15.9. The molecule has 0 aliphatic rings. The van der Waals surface area contributed by atoms with E-state index in [2.05, 4.69) is 10.3 Å². The number of likely N-dealkylation sites (N-methyl/N-ethyl adjacent to an activating group) is 1. The van der Waals surface area contributed by atoms with Crippen LogP contribution in [0.2, 0.25) is 0 Å². The van der Waals surface area contributed by atoms with Gasteiger partial charge in [0.1, 0.15) is 22.9 Å². The lowest BCUT2D eigenvalue weighted by atomic mass is 10.2.